The number of aryl methyl sites for hydroxylation is 2. The lowest BCUT2D eigenvalue weighted by atomic mass is 9.84. The number of methoxy groups -OCH3 is 1. The van der Waals surface area contributed by atoms with Crippen LogP contribution in [0.2, 0.25) is 5.02 Å². The zero-order valence-corrected chi connectivity index (χ0v) is 12.2. The molecule has 1 atom stereocenters. The molecule has 0 amide bonds. The Morgan fingerprint density at radius 3 is 2.55 bits per heavy atom. The molecule has 1 aliphatic rings. The van der Waals surface area contributed by atoms with Crippen LogP contribution in [0.5, 0.6) is 0 Å². The van der Waals surface area contributed by atoms with E-state index in [9.17, 15) is 5.11 Å². The molecule has 0 saturated carbocycles. The molecule has 0 aromatic heterocycles. The van der Waals surface area contributed by atoms with Gasteiger partial charge in [-0.05, 0) is 47.2 Å². The fourth-order valence-corrected chi connectivity index (χ4v) is 3.24. The summed E-state index contributed by atoms with van der Waals surface area (Å²) in [7, 11) is 1.61. The minimum absolute atomic E-state index is 0.220. The van der Waals surface area contributed by atoms with Crippen molar-refractivity contribution in [2.75, 3.05) is 13.7 Å². The van der Waals surface area contributed by atoms with Crippen LogP contribution in [0.3, 0.4) is 0 Å². The Hall–Kier alpha value is -1.35. The van der Waals surface area contributed by atoms with Crippen molar-refractivity contribution < 1.29 is 9.84 Å². The predicted molar refractivity (Wildman–Crippen MR) is 80.2 cm³/mol. The minimum atomic E-state index is -1.14. The fraction of sp³-hybridized carbons (Fsp3) is 0.294. The number of aliphatic hydroxyl groups is 1. The van der Waals surface area contributed by atoms with E-state index in [0.29, 0.717) is 5.02 Å². The van der Waals surface area contributed by atoms with Gasteiger partial charge in [-0.2, -0.15) is 0 Å². The average Bonchev–Trinajstić information content (AvgIpc) is 2.57. The lowest BCUT2D eigenvalue weighted by Gasteiger charge is -2.30. The van der Waals surface area contributed by atoms with E-state index in [2.05, 4.69) is 6.07 Å². The molecule has 1 aliphatic carbocycles. The number of hydrogen-bond donors (Lipinski definition) is 1. The first kappa shape index (κ1) is 13.6. The molecule has 0 unspecified atom stereocenters. The third kappa shape index (κ3) is 2.14. The second-order valence-corrected chi connectivity index (χ2v) is 5.69. The number of fused-ring (bicyclic) bond motifs is 2. The van der Waals surface area contributed by atoms with Crippen molar-refractivity contribution in [1.29, 1.82) is 0 Å². The largest absolute Gasteiger partial charge is 0.381 e. The molecule has 20 heavy (non-hydrogen) atoms. The van der Waals surface area contributed by atoms with Crippen LogP contribution in [-0.2, 0) is 23.2 Å². The van der Waals surface area contributed by atoms with Crippen LogP contribution >= 0.6 is 11.6 Å². The molecule has 0 aliphatic heterocycles. The van der Waals surface area contributed by atoms with Gasteiger partial charge in [-0.1, -0.05) is 41.9 Å². The summed E-state index contributed by atoms with van der Waals surface area (Å²) in [6, 6.07) is 13.8. The van der Waals surface area contributed by atoms with Crippen LogP contribution in [0.4, 0.5) is 0 Å². The van der Waals surface area contributed by atoms with Crippen molar-refractivity contribution in [2.45, 2.75) is 18.4 Å². The molecule has 0 spiro atoms. The molecule has 2 aromatic rings. The van der Waals surface area contributed by atoms with Crippen molar-refractivity contribution in [3.05, 3.63) is 69.7 Å². The third-order valence-corrected chi connectivity index (χ3v) is 4.23. The summed E-state index contributed by atoms with van der Waals surface area (Å²) in [5.41, 5.74) is 2.94. The van der Waals surface area contributed by atoms with Gasteiger partial charge in [0.25, 0.3) is 0 Å². The number of ether oxygens (including phenoxy) is 1. The van der Waals surface area contributed by atoms with Crippen LogP contribution < -0.4 is 0 Å². The SMILES string of the molecule is COC[C@@]1(O)c2ccccc2CCc2ccc(Cl)cc21. The molecule has 3 rings (SSSR count). The number of hydrogen-bond acceptors (Lipinski definition) is 2. The van der Waals surface area contributed by atoms with E-state index >= 15 is 0 Å². The van der Waals surface area contributed by atoms with Crippen molar-refractivity contribution in [3.63, 3.8) is 0 Å². The first-order chi connectivity index (χ1) is 9.65. The van der Waals surface area contributed by atoms with Crippen LogP contribution in [0.25, 0.3) is 0 Å². The Kier molecular flexibility index (Phi) is 3.55. The van der Waals surface area contributed by atoms with E-state index in [0.717, 1.165) is 29.5 Å². The van der Waals surface area contributed by atoms with Crippen molar-refractivity contribution >= 4 is 11.6 Å². The average molecular weight is 289 g/mol. The van der Waals surface area contributed by atoms with Gasteiger partial charge in [0.1, 0.15) is 5.60 Å². The van der Waals surface area contributed by atoms with Crippen LogP contribution in [0.1, 0.15) is 22.3 Å². The molecular weight excluding hydrogens is 272 g/mol. The summed E-state index contributed by atoms with van der Waals surface area (Å²) in [4.78, 5) is 0. The first-order valence-corrected chi connectivity index (χ1v) is 7.11. The van der Waals surface area contributed by atoms with Crippen molar-refractivity contribution in [1.82, 2.24) is 0 Å². The summed E-state index contributed by atoms with van der Waals surface area (Å²) in [5, 5.41) is 11.9. The number of benzene rings is 2. The molecule has 0 saturated heterocycles. The maximum absolute atomic E-state index is 11.3. The molecular formula is C17H17ClO2. The fourth-order valence-electron chi connectivity index (χ4n) is 3.07. The maximum Gasteiger partial charge on any atom is 0.138 e. The van der Waals surface area contributed by atoms with E-state index in [-0.39, 0.29) is 6.61 Å². The standard InChI is InChI=1S/C17H17ClO2/c1-20-11-17(19)15-5-3-2-4-12(15)6-7-13-8-9-14(18)10-16(13)17/h2-5,8-10,19H,6-7,11H2,1H3/t17-/m1/s1. The summed E-state index contributed by atoms with van der Waals surface area (Å²) < 4.78 is 5.30. The van der Waals surface area contributed by atoms with Crippen LogP contribution in [-0.4, -0.2) is 18.8 Å². The Labute approximate surface area is 124 Å². The molecule has 0 radical (unpaired) electrons. The normalized spacial score (nSPS) is 20.9. The zero-order chi connectivity index (χ0) is 14.2. The van der Waals surface area contributed by atoms with E-state index in [1.165, 1.54) is 5.56 Å². The van der Waals surface area contributed by atoms with Gasteiger partial charge in [0.2, 0.25) is 0 Å². The molecule has 104 valence electrons. The van der Waals surface area contributed by atoms with E-state index in [1.807, 2.05) is 36.4 Å². The second-order valence-electron chi connectivity index (χ2n) is 5.25. The lowest BCUT2D eigenvalue weighted by molar-refractivity contribution is -0.00369. The molecule has 2 aromatic carbocycles. The van der Waals surface area contributed by atoms with Crippen LogP contribution in [0.15, 0.2) is 42.5 Å². The van der Waals surface area contributed by atoms with Crippen LogP contribution in [0, 0.1) is 0 Å². The molecule has 0 fully saturated rings. The zero-order valence-electron chi connectivity index (χ0n) is 11.4. The Bertz CT molecular complexity index is 639. The highest BCUT2D eigenvalue weighted by Crippen LogP contribution is 2.39. The summed E-state index contributed by atoms with van der Waals surface area (Å²) in [5.74, 6) is 0. The first-order valence-electron chi connectivity index (χ1n) is 6.74. The van der Waals surface area contributed by atoms with Gasteiger partial charge in [-0.3, -0.25) is 0 Å². The van der Waals surface area contributed by atoms with Gasteiger partial charge < -0.3 is 9.84 Å². The van der Waals surface area contributed by atoms with Gasteiger partial charge in [-0.15, -0.1) is 0 Å². The Morgan fingerprint density at radius 1 is 1.10 bits per heavy atom. The highest BCUT2D eigenvalue weighted by molar-refractivity contribution is 6.30. The highest BCUT2D eigenvalue weighted by Gasteiger charge is 2.37. The van der Waals surface area contributed by atoms with Crippen molar-refractivity contribution in [2.24, 2.45) is 0 Å². The smallest absolute Gasteiger partial charge is 0.138 e. The number of rotatable bonds is 2. The minimum Gasteiger partial charge on any atom is -0.381 e. The molecule has 0 heterocycles. The van der Waals surface area contributed by atoms with E-state index < -0.39 is 5.60 Å². The van der Waals surface area contributed by atoms with Gasteiger partial charge in [0.15, 0.2) is 0 Å². The van der Waals surface area contributed by atoms with E-state index in [4.69, 9.17) is 16.3 Å². The molecule has 0 bridgehead atoms. The summed E-state index contributed by atoms with van der Waals surface area (Å²) in [6.45, 7) is 0.220. The monoisotopic (exact) mass is 288 g/mol. The molecule has 1 N–H and O–H groups in total. The third-order valence-electron chi connectivity index (χ3n) is 4.00. The quantitative estimate of drug-likeness (QED) is 0.918. The topological polar surface area (TPSA) is 29.5 Å². The number of halogens is 1. The van der Waals surface area contributed by atoms with Gasteiger partial charge in [0.05, 0.1) is 6.61 Å². The predicted octanol–water partition coefficient (Wildman–Crippen LogP) is 3.32. The molecule has 2 nitrogen and oxygen atoms in total. The summed E-state index contributed by atoms with van der Waals surface area (Å²) >= 11 is 6.13. The lowest BCUT2D eigenvalue weighted by Crippen LogP contribution is -2.33. The van der Waals surface area contributed by atoms with Gasteiger partial charge in [-0.25, -0.2) is 0 Å². The van der Waals surface area contributed by atoms with Gasteiger partial charge in [0, 0.05) is 12.1 Å². The van der Waals surface area contributed by atoms with Crippen molar-refractivity contribution in [3.8, 4) is 0 Å². The second kappa shape index (κ2) is 5.21. The Balaban J connectivity index is 2.27. The highest BCUT2D eigenvalue weighted by atomic mass is 35.5. The molecule has 3 heteroatoms. The maximum atomic E-state index is 11.3. The van der Waals surface area contributed by atoms with Gasteiger partial charge >= 0.3 is 0 Å². The Morgan fingerprint density at radius 2 is 1.80 bits per heavy atom. The van der Waals surface area contributed by atoms with E-state index in [1.54, 1.807) is 7.11 Å². The summed E-state index contributed by atoms with van der Waals surface area (Å²) in [6.07, 6.45) is 1.81.